The molecule has 1 aliphatic heterocycles. The van der Waals surface area contributed by atoms with Crippen molar-refractivity contribution in [1.82, 2.24) is 10.3 Å². The van der Waals surface area contributed by atoms with Gasteiger partial charge in [0, 0.05) is 37.4 Å². The molecule has 0 saturated carbocycles. The first-order chi connectivity index (χ1) is 9.06. The minimum absolute atomic E-state index is 0.261. The van der Waals surface area contributed by atoms with E-state index >= 15 is 0 Å². The van der Waals surface area contributed by atoms with Crippen LogP contribution in [-0.4, -0.2) is 36.3 Å². The zero-order valence-corrected chi connectivity index (χ0v) is 12.4. The van der Waals surface area contributed by atoms with Gasteiger partial charge in [0.25, 0.3) is 0 Å². The van der Waals surface area contributed by atoms with Crippen LogP contribution in [0.15, 0.2) is 18.3 Å². The molecule has 0 radical (unpaired) electrons. The zero-order chi connectivity index (χ0) is 13.8. The van der Waals surface area contributed by atoms with Crippen molar-refractivity contribution < 1.29 is 4.74 Å². The molecule has 4 heteroatoms. The number of nitrogens with one attached hydrogen (secondary N) is 1. The lowest BCUT2D eigenvalue weighted by molar-refractivity contribution is -0.00551. The first-order valence-corrected chi connectivity index (χ1v) is 7.14. The predicted molar refractivity (Wildman–Crippen MR) is 78.4 cm³/mol. The summed E-state index contributed by atoms with van der Waals surface area (Å²) in [7, 11) is 0. The molecule has 2 unspecified atom stereocenters. The molecule has 1 fully saturated rings. The van der Waals surface area contributed by atoms with Crippen LogP contribution in [0.1, 0.15) is 33.3 Å². The predicted octanol–water partition coefficient (Wildman–Crippen LogP) is 2.19. The number of rotatable bonds is 4. The molecular weight excluding hydrogens is 238 g/mol. The Balaban J connectivity index is 2.14. The standard InChI is InChI=1S/C15H25N3O/c1-11(2)17-8-14-6-5-7-16-15(14)18-9-12(3)19-13(4)10-18/h5-7,11-13,17H,8-10H2,1-4H3. The Morgan fingerprint density at radius 2 is 2.05 bits per heavy atom. The van der Waals surface area contributed by atoms with E-state index in [2.05, 4.69) is 49.0 Å². The number of aromatic nitrogens is 1. The Labute approximate surface area is 116 Å². The zero-order valence-electron chi connectivity index (χ0n) is 12.4. The molecule has 1 aromatic heterocycles. The molecular formula is C15H25N3O. The highest BCUT2D eigenvalue weighted by atomic mass is 16.5. The Bertz CT molecular complexity index is 398. The second-order valence-electron chi connectivity index (χ2n) is 5.68. The van der Waals surface area contributed by atoms with Gasteiger partial charge in [0.2, 0.25) is 0 Å². The highest BCUT2D eigenvalue weighted by molar-refractivity contribution is 5.47. The number of hydrogen-bond donors (Lipinski definition) is 1. The molecule has 1 aromatic rings. The number of ether oxygens (including phenoxy) is 1. The van der Waals surface area contributed by atoms with E-state index in [1.54, 1.807) is 0 Å². The van der Waals surface area contributed by atoms with Crippen molar-refractivity contribution in [3.63, 3.8) is 0 Å². The maximum atomic E-state index is 5.79. The molecule has 1 saturated heterocycles. The van der Waals surface area contributed by atoms with E-state index in [1.165, 1.54) is 5.56 Å². The molecule has 0 spiro atoms. The fraction of sp³-hybridized carbons (Fsp3) is 0.667. The lowest BCUT2D eigenvalue weighted by Gasteiger charge is -2.37. The summed E-state index contributed by atoms with van der Waals surface area (Å²) in [6.07, 6.45) is 2.40. The van der Waals surface area contributed by atoms with Gasteiger partial charge in [0.1, 0.15) is 5.82 Å². The van der Waals surface area contributed by atoms with Gasteiger partial charge in [-0.1, -0.05) is 19.9 Å². The van der Waals surface area contributed by atoms with Crippen LogP contribution in [0.3, 0.4) is 0 Å². The van der Waals surface area contributed by atoms with Crippen LogP contribution in [-0.2, 0) is 11.3 Å². The summed E-state index contributed by atoms with van der Waals surface area (Å²) in [5.74, 6) is 1.10. The number of anilines is 1. The van der Waals surface area contributed by atoms with Gasteiger partial charge in [-0.25, -0.2) is 4.98 Å². The first kappa shape index (κ1) is 14.3. The van der Waals surface area contributed by atoms with Crippen molar-refractivity contribution in [1.29, 1.82) is 0 Å². The van der Waals surface area contributed by atoms with Crippen molar-refractivity contribution >= 4 is 5.82 Å². The average molecular weight is 263 g/mol. The molecule has 0 bridgehead atoms. The van der Waals surface area contributed by atoms with E-state index in [0.29, 0.717) is 6.04 Å². The quantitative estimate of drug-likeness (QED) is 0.903. The van der Waals surface area contributed by atoms with Gasteiger partial charge in [0.05, 0.1) is 12.2 Å². The maximum Gasteiger partial charge on any atom is 0.133 e. The molecule has 1 aliphatic rings. The molecule has 19 heavy (non-hydrogen) atoms. The lowest BCUT2D eigenvalue weighted by Crippen LogP contribution is -2.46. The van der Waals surface area contributed by atoms with Gasteiger partial charge in [0.15, 0.2) is 0 Å². The summed E-state index contributed by atoms with van der Waals surface area (Å²) in [6, 6.07) is 4.65. The Morgan fingerprint density at radius 3 is 2.68 bits per heavy atom. The maximum absolute atomic E-state index is 5.79. The van der Waals surface area contributed by atoms with Gasteiger partial charge in [-0.05, 0) is 19.9 Å². The van der Waals surface area contributed by atoms with Gasteiger partial charge >= 0.3 is 0 Å². The number of hydrogen-bond acceptors (Lipinski definition) is 4. The van der Waals surface area contributed by atoms with Gasteiger partial charge in [-0.2, -0.15) is 0 Å². The molecule has 0 aliphatic carbocycles. The third-order valence-electron chi connectivity index (χ3n) is 3.29. The second kappa shape index (κ2) is 6.35. The smallest absolute Gasteiger partial charge is 0.133 e. The van der Waals surface area contributed by atoms with E-state index in [9.17, 15) is 0 Å². The normalized spacial score (nSPS) is 23.9. The summed E-state index contributed by atoms with van der Waals surface area (Å²) in [5.41, 5.74) is 1.26. The third-order valence-corrected chi connectivity index (χ3v) is 3.29. The Morgan fingerprint density at radius 1 is 1.37 bits per heavy atom. The largest absolute Gasteiger partial charge is 0.372 e. The Kier molecular flexibility index (Phi) is 4.77. The van der Waals surface area contributed by atoms with Crippen LogP contribution in [0.4, 0.5) is 5.82 Å². The summed E-state index contributed by atoms with van der Waals surface area (Å²) < 4.78 is 5.79. The fourth-order valence-electron chi connectivity index (χ4n) is 2.52. The SMILES string of the molecule is CC(C)NCc1cccnc1N1CC(C)OC(C)C1. The fourth-order valence-corrected chi connectivity index (χ4v) is 2.52. The minimum Gasteiger partial charge on any atom is -0.372 e. The Hall–Kier alpha value is -1.13. The molecule has 2 atom stereocenters. The van der Waals surface area contributed by atoms with Crippen LogP contribution < -0.4 is 10.2 Å². The highest BCUT2D eigenvalue weighted by Gasteiger charge is 2.24. The molecule has 4 nitrogen and oxygen atoms in total. The number of pyridine rings is 1. The summed E-state index contributed by atoms with van der Waals surface area (Å²) in [6.45, 7) is 11.3. The van der Waals surface area contributed by atoms with E-state index in [1.807, 2.05) is 12.3 Å². The molecule has 2 rings (SSSR count). The van der Waals surface area contributed by atoms with Gasteiger partial charge in [-0.15, -0.1) is 0 Å². The van der Waals surface area contributed by atoms with Gasteiger partial charge < -0.3 is 15.0 Å². The van der Waals surface area contributed by atoms with E-state index < -0.39 is 0 Å². The summed E-state index contributed by atoms with van der Waals surface area (Å²) in [4.78, 5) is 6.92. The van der Waals surface area contributed by atoms with E-state index in [4.69, 9.17) is 4.74 Å². The molecule has 0 amide bonds. The molecule has 0 aromatic carbocycles. The number of nitrogens with zero attached hydrogens (tertiary/aromatic N) is 2. The van der Waals surface area contributed by atoms with Crippen LogP contribution in [0.5, 0.6) is 0 Å². The first-order valence-electron chi connectivity index (χ1n) is 7.14. The molecule has 2 heterocycles. The van der Waals surface area contributed by atoms with Crippen molar-refractivity contribution in [3.8, 4) is 0 Å². The molecule has 106 valence electrons. The van der Waals surface area contributed by atoms with Crippen LogP contribution >= 0.6 is 0 Å². The van der Waals surface area contributed by atoms with Crippen molar-refractivity contribution in [2.45, 2.75) is 52.5 Å². The third kappa shape index (κ3) is 3.91. The van der Waals surface area contributed by atoms with Crippen molar-refractivity contribution in [2.75, 3.05) is 18.0 Å². The average Bonchev–Trinajstić information content (AvgIpc) is 2.35. The van der Waals surface area contributed by atoms with Crippen LogP contribution in [0.25, 0.3) is 0 Å². The van der Waals surface area contributed by atoms with Crippen molar-refractivity contribution in [2.24, 2.45) is 0 Å². The number of morpholine rings is 1. The summed E-state index contributed by atoms with van der Waals surface area (Å²) in [5, 5.41) is 3.47. The molecule has 1 N–H and O–H groups in total. The van der Waals surface area contributed by atoms with E-state index in [0.717, 1.165) is 25.5 Å². The van der Waals surface area contributed by atoms with Gasteiger partial charge in [-0.3, -0.25) is 0 Å². The monoisotopic (exact) mass is 263 g/mol. The summed E-state index contributed by atoms with van der Waals surface area (Å²) >= 11 is 0. The minimum atomic E-state index is 0.261. The van der Waals surface area contributed by atoms with Crippen LogP contribution in [0, 0.1) is 0 Å². The topological polar surface area (TPSA) is 37.4 Å². The lowest BCUT2D eigenvalue weighted by atomic mass is 10.1. The second-order valence-corrected chi connectivity index (χ2v) is 5.68. The van der Waals surface area contributed by atoms with E-state index in [-0.39, 0.29) is 12.2 Å². The van der Waals surface area contributed by atoms with Crippen LogP contribution in [0.2, 0.25) is 0 Å². The highest BCUT2D eigenvalue weighted by Crippen LogP contribution is 2.22. The van der Waals surface area contributed by atoms with Crippen molar-refractivity contribution in [3.05, 3.63) is 23.9 Å².